The van der Waals surface area contributed by atoms with Gasteiger partial charge in [-0.3, -0.25) is 24.0 Å². The summed E-state index contributed by atoms with van der Waals surface area (Å²) >= 11 is 0. The van der Waals surface area contributed by atoms with Crippen LogP contribution in [0.4, 0.5) is 0 Å². The normalized spacial score (nSPS) is 18.3. The minimum absolute atomic E-state index is 0.0126. The molecule has 244 valence electrons. The summed E-state index contributed by atoms with van der Waals surface area (Å²) in [5.74, 6) is -3.12. The summed E-state index contributed by atoms with van der Waals surface area (Å²) in [4.78, 5) is 66.9. The topological polar surface area (TPSA) is 147 Å². The molecule has 0 spiro atoms. The van der Waals surface area contributed by atoms with Gasteiger partial charge in [0.2, 0.25) is 17.6 Å². The summed E-state index contributed by atoms with van der Waals surface area (Å²) in [7, 11) is 0. The third-order valence-electron chi connectivity index (χ3n) is 9.29. The van der Waals surface area contributed by atoms with E-state index in [1.165, 1.54) is 0 Å². The number of fused-ring (bicyclic) bond motifs is 1. The Bertz CT molecular complexity index is 1580. The number of carbonyl (C=O) groups is 5. The van der Waals surface area contributed by atoms with Gasteiger partial charge in [-0.2, -0.15) is 0 Å². The van der Waals surface area contributed by atoms with E-state index in [0.717, 1.165) is 55.0 Å². The number of carbonyl (C=O) groups excluding carboxylic acids is 5. The number of hydrogen-bond donors (Lipinski definition) is 4. The Morgan fingerprint density at radius 2 is 1.65 bits per heavy atom. The molecule has 3 aromatic rings. The van der Waals surface area contributed by atoms with E-state index >= 15 is 0 Å². The molecule has 0 radical (unpaired) electrons. The minimum Gasteiger partial charge on any atom is -0.451 e. The number of nitrogens with one attached hydrogen (secondary N) is 4. The van der Waals surface area contributed by atoms with E-state index in [2.05, 4.69) is 21.3 Å². The number of rotatable bonds is 12. The highest BCUT2D eigenvalue weighted by Gasteiger charge is 2.36. The maximum atomic E-state index is 14.0. The van der Waals surface area contributed by atoms with Crippen LogP contribution < -0.4 is 21.3 Å². The molecule has 5 rings (SSSR count). The van der Waals surface area contributed by atoms with E-state index in [-0.39, 0.29) is 30.6 Å². The van der Waals surface area contributed by atoms with Crippen molar-refractivity contribution in [2.24, 2.45) is 11.8 Å². The summed E-state index contributed by atoms with van der Waals surface area (Å²) in [6, 6.07) is 12.7. The molecule has 1 saturated carbocycles. The molecule has 1 aliphatic carbocycles. The minimum atomic E-state index is -1.24. The molecular weight excluding hydrogens is 584 g/mol. The van der Waals surface area contributed by atoms with E-state index in [1.54, 1.807) is 0 Å². The number of hydrogen-bond acceptors (Lipinski definition) is 6. The summed E-state index contributed by atoms with van der Waals surface area (Å²) in [6.45, 7) is 4.47. The molecule has 2 aromatic carbocycles. The van der Waals surface area contributed by atoms with Gasteiger partial charge in [0.1, 0.15) is 11.6 Å². The summed E-state index contributed by atoms with van der Waals surface area (Å²) in [5.41, 5.74) is 3.12. The molecule has 3 unspecified atom stereocenters. The zero-order chi connectivity index (χ0) is 32.6. The molecule has 2 fully saturated rings. The van der Waals surface area contributed by atoms with Crippen molar-refractivity contribution in [1.29, 1.82) is 0 Å². The van der Waals surface area contributed by atoms with Gasteiger partial charge < -0.3 is 25.7 Å². The van der Waals surface area contributed by atoms with Crippen molar-refractivity contribution in [1.82, 2.24) is 21.3 Å². The largest absolute Gasteiger partial charge is 0.451 e. The molecule has 1 aromatic heterocycles. The fourth-order valence-electron chi connectivity index (χ4n) is 6.64. The van der Waals surface area contributed by atoms with Gasteiger partial charge in [0.15, 0.2) is 5.76 Å². The van der Waals surface area contributed by atoms with Crippen molar-refractivity contribution in [2.75, 3.05) is 6.54 Å². The predicted molar refractivity (Wildman–Crippen MR) is 174 cm³/mol. The highest BCUT2D eigenvalue weighted by atomic mass is 16.3. The van der Waals surface area contributed by atoms with Crippen molar-refractivity contribution < 1.29 is 28.4 Å². The van der Waals surface area contributed by atoms with Crippen LogP contribution in [0.1, 0.15) is 85.0 Å². The van der Waals surface area contributed by atoms with Gasteiger partial charge in [-0.1, -0.05) is 74.1 Å². The van der Waals surface area contributed by atoms with Crippen molar-refractivity contribution in [3.05, 3.63) is 71.0 Å². The molecule has 2 heterocycles. The fourth-order valence-corrected chi connectivity index (χ4v) is 6.64. The van der Waals surface area contributed by atoms with E-state index in [0.29, 0.717) is 30.5 Å². The van der Waals surface area contributed by atoms with Crippen LogP contribution in [-0.2, 0) is 25.7 Å². The monoisotopic (exact) mass is 628 g/mol. The molecule has 0 bridgehead atoms. The van der Waals surface area contributed by atoms with Crippen LogP contribution in [-0.4, -0.2) is 48.0 Å². The summed E-state index contributed by atoms with van der Waals surface area (Å²) in [5, 5.41) is 12.0. The number of ketones is 1. The number of amides is 4. The van der Waals surface area contributed by atoms with E-state index in [9.17, 15) is 24.0 Å². The van der Waals surface area contributed by atoms with Crippen LogP contribution in [0.2, 0.25) is 0 Å². The number of furan rings is 1. The highest BCUT2D eigenvalue weighted by molar-refractivity contribution is 6.38. The lowest BCUT2D eigenvalue weighted by Gasteiger charge is -2.29. The lowest BCUT2D eigenvalue weighted by Crippen LogP contribution is -2.55. The van der Waals surface area contributed by atoms with Crippen LogP contribution in [0.5, 0.6) is 0 Å². The second kappa shape index (κ2) is 15.2. The van der Waals surface area contributed by atoms with Crippen LogP contribution in [0.3, 0.4) is 0 Å². The van der Waals surface area contributed by atoms with E-state index in [1.807, 2.05) is 62.4 Å². The Morgan fingerprint density at radius 3 is 2.39 bits per heavy atom. The molecular formula is C36H44N4O6. The number of aryl methyl sites for hydroxylation is 2. The molecule has 4 N–H and O–H groups in total. The molecule has 3 atom stereocenters. The predicted octanol–water partition coefficient (Wildman–Crippen LogP) is 4.41. The standard InChI is InChI=1S/C36H44N4O6/c1-22-15-16-30-27(18-22)23(2)32(46-30)36(45)40-29(19-24-10-5-3-6-11-24)34(43)39-28(20-26-14-9-17-37-33(26)42)31(41)35(44)38-21-25-12-7-4-8-13-25/h4,7-8,12-13,15-16,18,24,26,28-29H,3,5-6,9-11,14,17,19-21H2,1-2H3,(H,37,42)(H,38,44)(H,39,43)(H,40,45). The lowest BCUT2D eigenvalue weighted by atomic mass is 9.84. The van der Waals surface area contributed by atoms with Gasteiger partial charge in [0.05, 0.1) is 6.04 Å². The van der Waals surface area contributed by atoms with E-state index < -0.39 is 41.5 Å². The zero-order valence-electron chi connectivity index (χ0n) is 26.7. The van der Waals surface area contributed by atoms with Gasteiger partial charge in [-0.15, -0.1) is 0 Å². The van der Waals surface area contributed by atoms with E-state index in [4.69, 9.17) is 4.42 Å². The van der Waals surface area contributed by atoms with Gasteiger partial charge in [-0.25, -0.2) is 0 Å². The zero-order valence-corrected chi connectivity index (χ0v) is 26.7. The second-order valence-electron chi connectivity index (χ2n) is 12.8. The second-order valence-corrected chi connectivity index (χ2v) is 12.8. The third-order valence-corrected chi connectivity index (χ3v) is 9.29. The van der Waals surface area contributed by atoms with Crippen LogP contribution in [0.25, 0.3) is 11.0 Å². The first-order chi connectivity index (χ1) is 22.2. The quantitative estimate of drug-likeness (QED) is 0.219. The Balaban J connectivity index is 1.35. The Labute approximate surface area is 269 Å². The fraction of sp³-hybridized carbons (Fsp3) is 0.472. The first-order valence-electron chi connectivity index (χ1n) is 16.4. The molecule has 4 amide bonds. The summed E-state index contributed by atoms with van der Waals surface area (Å²) in [6.07, 6.45) is 6.78. The Morgan fingerprint density at radius 1 is 0.891 bits per heavy atom. The van der Waals surface area contributed by atoms with Crippen molar-refractivity contribution in [2.45, 2.75) is 90.3 Å². The van der Waals surface area contributed by atoms with Gasteiger partial charge in [0, 0.05) is 30.0 Å². The van der Waals surface area contributed by atoms with Crippen LogP contribution in [0, 0.1) is 25.7 Å². The summed E-state index contributed by atoms with van der Waals surface area (Å²) < 4.78 is 5.92. The highest BCUT2D eigenvalue weighted by Crippen LogP contribution is 2.29. The molecule has 1 saturated heterocycles. The number of Topliss-reactive ketones (excluding diaryl/α,β-unsaturated/α-hetero) is 1. The Kier molecular flexibility index (Phi) is 10.9. The first kappa shape index (κ1) is 32.9. The smallest absolute Gasteiger partial charge is 0.289 e. The maximum Gasteiger partial charge on any atom is 0.289 e. The van der Waals surface area contributed by atoms with Gasteiger partial charge in [-0.05, 0) is 63.1 Å². The van der Waals surface area contributed by atoms with Crippen molar-refractivity contribution >= 4 is 40.4 Å². The number of piperidine rings is 1. The molecule has 10 heteroatoms. The average Bonchev–Trinajstić information content (AvgIpc) is 3.39. The van der Waals surface area contributed by atoms with Crippen molar-refractivity contribution in [3.63, 3.8) is 0 Å². The Hall–Kier alpha value is -4.47. The first-order valence-corrected chi connectivity index (χ1v) is 16.4. The molecule has 1 aliphatic heterocycles. The lowest BCUT2D eigenvalue weighted by molar-refractivity contribution is -0.141. The van der Waals surface area contributed by atoms with Crippen LogP contribution >= 0.6 is 0 Å². The van der Waals surface area contributed by atoms with Gasteiger partial charge in [0.25, 0.3) is 11.8 Å². The van der Waals surface area contributed by atoms with Crippen molar-refractivity contribution in [3.8, 4) is 0 Å². The number of benzene rings is 2. The molecule has 2 aliphatic rings. The van der Waals surface area contributed by atoms with Crippen LogP contribution in [0.15, 0.2) is 52.9 Å². The third kappa shape index (κ3) is 8.21. The molecule has 10 nitrogen and oxygen atoms in total. The molecule has 46 heavy (non-hydrogen) atoms. The average molecular weight is 629 g/mol. The maximum absolute atomic E-state index is 14.0. The SMILES string of the molecule is Cc1ccc2oc(C(=O)NC(CC3CCCCC3)C(=O)NC(CC3CCCNC3=O)C(=O)C(=O)NCc3ccccc3)c(C)c2c1. The van der Waals surface area contributed by atoms with Gasteiger partial charge >= 0.3 is 0 Å².